The van der Waals surface area contributed by atoms with Crippen LogP contribution >= 0.6 is 0 Å². The predicted molar refractivity (Wildman–Crippen MR) is 77.9 cm³/mol. The van der Waals surface area contributed by atoms with Gasteiger partial charge in [0.1, 0.15) is 0 Å². The highest BCUT2D eigenvalue weighted by Gasteiger charge is 2.37. The van der Waals surface area contributed by atoms with Crippen LogP contribution in [0.5, 0.6) is 0 Å². The van der Waals surface area contributed by atoms with Crippen molar-refractivity contribution in [3.8, 4) is 0 Å². The minimum Gasteiger partial charge on any atom is -0.397 e. The van der Waals surface area contributed by atoms with Gasteiger partial charge in [-0.15, -0.1) is 0 Å². The van der Waals surface area contributed by atoms with Gasteiger partial charge in [0.05, 0.1) is 11.4 Å². The summed E-state index contributed by atoms with van der Waals surface area (Å²) in [6.07, 6.45) is 8.55. The second kappa shape index (κ2) is 4.49. The van der Waals surface area contributed by atoms with Crippen molar-refractivity contribution in [1.82, 2.24) is 0 Å². The van der Waals surface area contributed by atoms with Gasteiger partial charge in [-0.3, -0.25) is 0 Å². The number of nitrogens with zero attached hydrogens (tertiary/aromatic N) is 1. The number of nitrogens with two attached hydrogens (primary N) is 1. The molecule has 1 saturated carbocycles. The first kappa shape index (κ1) is 11.9. The zero-order chi connectivity index (χ0) is 12.6. The molecule has 0 amide bonds. The molecule has 2 fully saturated rings. The molecule has 2 N–H and O–H groups in total. The monoisotopic (exact) mass is 244 g/mol. The summed E-state index contributed by atoms with van der Waals surface area (Å²) in [4.78, 5) is 2.51. The van der Waals surface area contributed by atoms with E-state index in [0.717, 1.165) is 5.69 Å². The van der Waals surface area contributed by atoms with Gasteiger partial charge in [0.15, 0.2) is 0 Å². The summed E-state index contributed by atoms with van der Waals surface area (Å²) in [5, 5.41) is 0. The Morgan fingerprint density at radius 3 is 2.33 bits per heavy atom. The Hall–Kier alpha value is -1.18. The molecule has 2 heteroatoms. The maximum absolute atomic E-state index is 6.16. The predicted octanol–water partition coefficient (Wildman–Crippen LogP) is 3.74. The topological polar surface area (TPSA) is 29.3 Å². The van der Waals surface area contributed by atoms with E-state index in [4.69, 9.17) is 5.73 Å². The number of benzene rings is 1. The number of para-hydroxylation sites is 1. The normalized spacial score (nSPS) is 22.6. The van der Waals surface area contributed by atoms with Crippen LogP contribution in [-0.4, -0.2) is 13.1 Å². The Balaban J connectivity index is 1.76. The van der Waals surface area contributed by atoms with E-state index >= 15 is 0 Å². The SMILES string of the molecule is Cc1cccc(N)c1N1CCC2(CCCC2)CC1. The highest BCUT2D eigenvalue weighted by Crippen LogP contribution is 2.47. The van der Waals surface area contributed by atoms with Gasteiger partial charge in [-0.1, -0.05) is 25.0 Å². The molecule has 2 nitrogen and oxygen atoms in total. The number of anilines is 2. The molecule has 1 heterocycles. The molecule has 1 aromatic rings. The first-order valence-electron chi connectivity index (χ1n) is 7.30. The number of rotatable bonds is 1. The molecule has 3 rings (SSSR count). The van der Waals surface area contributed by atoms with E-state index in [2.05, 4.69) is 24.0 Å². The Kier molecular flexibility index (Phi) is 2.96. The van der Waals surface area contributed by atoms with Crippen LogP contribution in [0, 0.1) is 12.3 Å². The third-order valence-corrected chi connectivity index (χ3v) is 5.07. The lowest BCUT2D eigenvalue weighted by Gasteiger charge is -2.41. The van der Waals surface area contributed by atoms with Crippen LogP contribution in [-0.2, 0) is 0 Å². The lowest BCUT2D eigenvalue weighted by atomic mass is 9.77. The van der Waals surface area contributed by atoms with Gasteiger partial charge < -0.3 is 10.6 Å². The lowest BCUT2D eigenvalue weighted by molar-refractivity contribution is 0.226. The Bertz CT molecular complexity index is 402. The summed E-state index contributed by atoms with van der Waals surface area (Å²) in [7, 11) is 0. The van der Waals surface area contributed by atoms with Crippen LogP contribution in [0.15, 0.2) is 18.2 Å². The molecular weight excluding hydrogens is 220 g/mol. The second-order valence-electron chi connectivity index (χ2n) is 6.21. The minimum atomic E-state index is 0.688. The van der Waals surface area contributed by atoms with Gasteiger partial charge in [0.25, 0.3) is 0 Å². The van der Waals surface area contributed by atoms with Crippen LogP contribution in [0.3, 0.4) is 0 Å². The molecule has 0 radical (unpaired) electrons. The van der Waals surface area contributed by atoms with Crippen molar-refractivity contribution in [3.63, 3.8) is 0 Å². The maximum Gasteiger partial charge on any atom is 0.0629 e. The van der Waals surface area contributed by atoms with E-state index in [-0.39, 0.29) is 0 Å². The zero-order valence-corrected chi connectivity index (χ0v) is 11.4. The molecule has 1 spiro atoms. The first-order chi connectivity index (χ1) is 8.70. The Labute approximate surface area is 110 Å². The van der Waals surface area contributed by atoms with Crippen molar-refractivity contribution in [1.29, 1.82) is 0 Å². The van der Waals surface area contributed by atoms with Gasteiger partial charge in [-0.2, -0.15) is 0 Å². The first-order valence-corrected chi connectivity index (χ1v) is 7.30. The minimum absolute atomic E-state index is 0.688. The molecule has 0 atom stereocenters. The van der Waals surface area contributed by atoms with Gasteiger partial charge in [-0.25, -0.2) is 0 Å². The summed E-state index contributed by atoms with van der Waals surface area (Å²) in [6.45, 7) is 4.55. The van der Waals surface area contributed by atoms with Crippen molar-refractivity contribution in [3.05, 3.63) is 23.8 Å². The van der Waals surface area contributed by atoms with Crippen molar-refractivity contribution in [2.45, 2.75) is 45.4 Å². The summed E-state index contributed by atoms with van der Waals surface area (Å²) < 4.78 is 0. The molecule has 1 aliphatic heterocycles. The lowest BCUT2D eigenvalue weighted by Crippen LogP contribution is -2.39. The molecule has 2 aliphatic rings. The summed E-state index contributed by atoms with van der Waals surface area (Å²) in [5.41, 5.74) is 10.4. The Morgan fingerprint density at radius 2 is 1.72 bits per heavy atom. The van der Waals surface area contributed by atoms with Gasteiger partial charge in [-0.05, 0) is 49.7 Å². The quantitative estimate of drug-likeness (QED) is 0.763. The van der Waals surface area contributed by atoms with E-state index in [1.165, 1.54) is 62.9 Å². The molecule has 1 saturated heterocycles. The summed E-state index contributed by atoms with van der Waals surface area (Å²) in [5.74, 6) is 0. The summed E-state index contributed by atoms with van der Waals surface area (Å²) in [6, 6.07) is 6.25. The third kappa shape index (κ3) is 1.98. The smallest absolute Gasteiger partial charge is 0.0629 e. The zero-order valence-electron chi connectivity index (χ0n) is 11.4. The standard InChI is InChI=1S/C16H24N2/c1-13-5-4-6-14(17)15(13)18-11-9-16(10-12-18)7-2-3-8-16/h4-6H,2-3,7-12,17H2,1H3. The highest BCUT2D eigenvalue weighted by molar-refractivity contribution is 5.71. The maximum atomic E-state index is 6.16. The van der Waals surface area contributed by atoms with E-state index in [1.807, 2.05) is 6.07 Å². The van der Waals surface area contributed by atoms with E-state index in [9.17, 15) is 0 Å². The molecule has 18 heavy (non-hydrogen) atoms. The molecule has 0 bridgehead atoms. The number of hydrogen-bond donors (Lipinski definition) is 1. The highest BCUT2D eigenvalue weighted by atomic mass is 15.1. The van der Waals surface area contributed by atoms with Gasteiger partial charge in [0.2, 0.25) is 0 Å². The van der Waals surface area contributed by atoms with Crippen molar-refractivity contribution in [2.24, 2.45) is 5.41 Å². The fourth-order valence-electron chi connectivity index (χ4n) is 3.94. The molecular formula is C16H24N2. The molecule has 1 aromatic carbocycles. The number of piperidine rings is 1. The number of hydrogen-bond acceptors (Lipinski definition) is 2. The van der Waals surface area contributed by atoms with Crippen LogP contribution in [0.1, 0.15) is 44.1 Å². The average Bonchev–Trinajstić information content (AvgIpc) is 2.80. The fourth-order valence-corrected chi connectivity index (χ4v) is 3.94. The van der Waals surface area contributed by atoms with Gasteiger partial charge in [0, 0.05) is 13.1 Å². The van der Waals surface area contributed by atoms with E-state index in [0.29, 0.717) is 5.41 Å². The Morgan fingerprint density at radius 1 is 1.06 bits per heavy atom. The van der Waals surface area contributed by atoms with Crippen molar-refractivity contribution < 1.29 is 0 Å². The summed E-state index contributed by atoms with van der Waals surface area (Å²) >= 11 is 0. The number of nitrogen functional groups attached to an aromatic ring is 1. The average molecular weight is 244 g/mol. The second-order valence-corrected chi connectivity index (χ2v) is 6.21. The largest absolute Gasteiger partial charge is 0.397 e. The molecule has 0 unspecified atom stereocenters. The number of aryl methyl sites for hydroxylation is 1. The van der Waals surface area contributed by atoms with Crippen LogP contribution in [0.2, 0.25) is 0 Å². The van der Waals surface area contributed by atoms with Crippen molar-refractivity contribution in [2.75, 3.05) is 23.7 Å². The van der Waals surface area contributed by atoms with Crippen molar-refractivity contribution >= 4 is 11.4 Å². The van der Waals surface area contributed by atoms with Crippen LogP contribution in [0.25, 0.3) is 0 Å². The van der Waals surface area contributed by atoms with Crippen LogP contribution in [0.4, 0.5) is 11.4 Å². The van der Waals surface area contributed by atoms with E-state index < -0.39 is 0 Å². The fraction of sp³-hybridized carbons (Fsp3) is 0.625. The molecule has 0 aromatic heterocycles. The molecule has 98 valence electrons. The van der Waals surface area contributed by atoms with Gasteiger partial charge >= 0.3 is 0 Å². The molecule has 1 aliphatic carbocycles. The van der Waals surface area contributed by atoms with Crippen LogP contribution < -0.4 is 10.6 Å². The van der Waals surface area contributed by atoms with E-state index in [1.54, 1.807) is 0 Å². The third-order valence-electron chi connectivity index (χ3n) is 5.07.